The van der Waals surface area contributed by atoms with Gasteiger partial charge in [0.25, 0.3) is 0 Å². The lowest BCUT2D eigenvalue weighted by atomic mass is 9.95. The molecule has 142 valence electrons. The van der Waals surface area contributed by atoms with Crippen molar-refractivity contribution >= 4 is 25.8 Å². The van der Waals surface area contributed by atoms with Crippen LogP contribution >= 0.6 is 15.9 Å². The molecule has 1 heterocycles. The van der Waals surface area contributed by atoms with E-state index in [4.69, 9.17) is 10.00 Å². The predicted octanol–water partition coefficient (Wildman–Crippen LogP) is 3.79. The van der Waals surface area contributed by atoms with E-state index in [1.54, 1.807) is 6.07 Å². The summed E-state index contributed by atoms with van der Waals surface area (Å²) in [6.07, 6.45) is -5.26. The van der Waals surface area contributed by atoms with Crippen molar-refractivity contribution in [2.24, 2.45) is 0 Å². The van der Waals surface area contributed by atoms with Crippen LogP contribution < -0.4 is 4.74 Å². The number of nitriles is 1. The van der Waals surface area contributed by atoms with Gasteiger partial charge in [0.05, 0.1) is 26.8 Å². The number of hydrogen-bond donors (Lipinski definition) is 1. The second-order valence-electron chi connectivity index (χ2n) is 5.76. The van der Waals surface area contributed by atoms with Gasteiger partial charge < -0.3 is 9.84 Å². The minimum atomic E-state index is -5.26. The van der Waals surface area contributed by atoms with Crippen LogP contribution in [0.3, 0.4) is 0 Å². The summed E-state index contributed by atoms with van der Waals surface area (Å²) >= 11 is 2.86. The Morgan fingerprint density at radius 2 is 1.93 bits per heavy atom. The topological polar surface area (TPSA) is 87.4 Å². The van der Waals surface area contributed by atoms with Crippen molar-refractivity contribution in [3.63, 3.8) is 0 Å². The lowest BCUT2D eigenvalue weighted by Crippen LogP contribution is -2.44. The second kappa shape index (κ2) is 6.19. The number of aliphatic hydroxyl groups is 1. The van der Waals surface area contributed by atoms with E-state index < -0.39 is 48.1 Å². The van der Waals surface area contributed by atoms with Crippen molar-refractivity contribution in [2.75, 3.05) is 5.75 Å². The molecule has 0 saturated carbocycles. The van der Waals surface area contributed by atoms with Gasteiger partial charge in [0, 0.05) is 11.6 Å². The first-order chi connectivity index (χ1) is 12.4. The molecule has 1 aliphatic heterocycles. The van der Waals surface area contributed by atoms with Crippen LogP contribution in [0.1, 0.15) is 11.1 Å². The van der Waals surface area contributed by atoms with Gasteiger partial charge in [-0.15, -0.1) is 0 Å². The highest BCUT2D eigenvalue weighted by Gasteiger charge is 2.63. The van der Waals surface area contributed by atoms with Gasteiger partial charge in [-0.2, -0.15) is 18.4 Å². The molecule has 0 aromatic heterocycles. The van der Waals surface area contributed by atoms with Crippen LogP contribution in [0.4, 0.5) is 17.6 Å². The Hall–Kier alpha value is -2.16. The van der Waals surface area contributed by atoms with Crippen molar-refractivity contribution in [3.05, 3.63) is 51.7 Å². The zero-order valence-corrected chi connectivity index (χ0v) is 15.4. The summed E-state index contributed by atoms with van der Waals surface area (Å²) in [4.78, 5) is -0.682. The van der Waals surface area contributed by atoms with Gasteiger partial charge in [-0.3, -0.25) is 0 Å². The number of sulfone groups is 1. The molecule has 11 heteroatoms. The molecule has 2 aromatic carbocycles. The van der Waals surface area contributed by atoms with Crippen LogP contribution in [0.15, 0.2) is 39.7 Å². The fourth-order valence-electron chi connectivity index (χ4n) is 2.72. The van der Waals surface area contributed by atoms with Gasteiger partial charge in [-0.25, -0.2) is 12.8 Å². The summed E-state index contributed by atoms with van der Waals surface area (Å²) < 4.78 is 82.7. The maximum atomic E-state index is 13.5. The number of fused-ring (bicyclic) bond motifs is 1. The first-order valence-corrected chi connectivity index (χ1v) is 9.57. The molecular weight excluding hydrogens is 458 g/mol. The SMILES string of the molecule is N#Cc1cc(F)cc(Oc2ccc3c(c2Br)C(O)(C(F)(F)F)CS3(=O)=O)c1. The largest absolute Gasteiger partial charge is 0.456 e. The summed E-state index contributed by atoms with van der Waals surface area (Å²) in [5, 5.41) is 19.0. The molecule has 0 bridgehead atoms. The molecule has 2 aromatic rings. The maximum absolute atomic E-state index is 13.5. The molecule has 1 aliphatic rings. The average Bonchev–Trinajstić information content (AvgIpc) is 2.76. The first-order valence-electron chi connectivity index (χ1n) is 7.12. The molecule has 1 unspecified atom stereocenters. The highest BCUT2D eigenvalue weighted by atomic mass is 79.9. The average molecular weight is 466 g/mol. The summed E-state index contributed by atoms with van der Waals surface area (Å²) in [5.41, 5.74) is -4.61. The van der Waals surface area contributed by atoms with Crippen molar-refractivity contribution in [1.29, 1.82) is 5.26 Å². The third-order valence-electron chi connectivity index (χ3n) is 3.91. The molecule has 1 atom stereocenters. The van der Waals surface area contributed by atoms with Crippen molar-refractivity contribution in [3.8, 4) is 17.6 Å². The number of ether oxygens (including phenoxy) is 1. The van der Waals surface area contributed by atoms with Gasteiger partial charge in [0.2, 0.25) is 5.60 Å². The number of nitrogens with zero attached hydrogens (tertiary/aromatic N) is 1. The van der Waals surface area contributed by atoms with Gasteiger partial charge in [0.15, 0.2) is 9.84 Å². The van der Waals surface area contributed by atoms with Crippen LogP contribution in [-0.4, -0.2) is 25.5 Å². The third kappa shape index (κ3) is 3.18. The van der Waals surface area contributed by atoms with E-state index >= 15 is 0 Å². The van der Waals surface area contributed by atoms with Gasteiger partial charge >= 0.3 is 6.18 Å². The van der Waals surface area contributed by atoms with Crippen molar-refractivity contribution in [2.45, 2.75) is 16.7 Å². The molecule has 3 rings (SSSR count). The van der Waals surface area contributed by atoms with Gasteiger partial charge in [-0.1, -0.05) is 0 Å². The second-order valence-corrected chi connectivity index (χ2v) is 8.51. The van der Waals surface area contributed by atoms with Crippen molar-refractivity contribution in [1.82, 2.24) is 0 Å². The first kappa shape index (κ1) is 19.6. The molecule has 5 nitrogen and oxygen atoms in total. The summed E-state index contributed by atoms with van der Waals surface area (Å²) in [6, 6.07) is 6.61. The van der Waals surface area contributed by atoms with Gasteiger partial charge in [0.1, 0.15) is 17.3 Å². The van der Waals surface area contributed by atoms with Crippen LogP contribution in [0.25, 0.3) is 0 Å². The zero-order valence-electron chi connectivity index (χ0n) is 13.0. The van der Waals surface area contributed by atoms with Crippen molar-refractivity contribution < 1.29 is 35.8 Å². The maximum Gasteiger partial charge on any atom is 0.422 e. The predicted molar refractivity (Wildman–Crippen MR) is 87.3 cm³/mol. The summed E-state index contributed by atoms with van der Waals surface area (Å²) in [7, 11) is -4.38. The Kier molecular flexibility index (Phi) is 4.49. The van der Waals surface area contributed by atoms with Crippen LogP contribution in [-0.2, 0) is 15.4 Å². The van der Waals surface area contributed by atoms with Crippen LogP contribution in [0.2, 0.25) is 0 Å². The lowest BCUT2D eigenvalue weighted by Gasteiger charge is -2.26. The quantitative estimate of drug-likeness (QED) is 0.681. The standard InChI is InChI=1S/C16H8BrF4NO4S/c17-14-11(26-10-4-8(6-22)3-9(18)5-10)1-2-12-13(14)15(23,16(19,20)21)7-27(12,24)25/h1-5,23H,7H2. The van der Waals surface area contributed by atoms with E-state index in [1.165, 1.54) is 0 Å². The Morgan fingerprint density at radius 1 is 1.26 bits per heavy atom. The fraction of sp³-hybridized carbons (Fsp3) is 0.188. The number of halogens is 5. The summed E-state index contributed by atoms with van der Waals surface area (Å²) in [6.45, 7) is 0. The van der Waals surface area contributed by atoms with Crippen LogP contribution in [0.5, 0.6) is 11.5 Å². The number of hydrogen-bond acceptors (Lipinski definition) is 5. The van der Waals surface area contributed by atoms with E-state index in [-0.39, 0.29) is 17.1 Å². The monoisotopic (exact) mass is 465 g/mol. The number of rotatable bonds is 2. The molecule has 0 amide bonds. The van der Waals surface area contributed by atoms with Gasteiger partial charge in [-0.05, 0) is 40.2 Å². The normalized spacial score (nSPS) is 20.8. The Morgan fingerprint density at radius 3 is 2.52 bits per heavy atom. The Labute approximate surface area is 158 Å². The highest BCUT2D eigenvalue weighted by molar-refractivity contribution is 9.10. The minimum Gasteiger partial charge on any atom is -0.456 e. The molecule has 0 radical (unpaired) electrons. The minimum absolute atomic E-state index is 0.0864. The lowest BCUT2D eigenvalue weighted by molar-refractivity contribution is -0.256. The molecular formula is C16H8BrF4NO4S. The molecule has 27 heavy (non-hydrogen) atoms. The molecule has 0 spiro atoms. The fourth-order valence-corrected chi connectivity index (χ4v) is 5.48. The molecule has 0 saturated heterocycles. The Balaban J connectivity index is 2.17. The van der Waals surface area contributed by atoms with Crippen LogP contribution in [0, 0.1) is 17.1 Å². The highest BCUT2D eigenvalue weighted by Crippen LogP contribution is 2.53. The van der Waals surface area contributed by atoms with E-state index in [0.717, 1.165) is 30.3 Å². The molecule has 0 fully saturated rings. The molecule has 1 N–H and O–H groups in total. The zero-order chi connectivity index (χ0) is 20.2. The third-order valence-corrected chi connectivity index (χ3v) is 6.51. The van der Waals surface area contributed by atoms with E-state index in [9.17, 15) is 31.1 Å². The smallest absolute Gasteiger partial charge is 0.422 e. The summed E-state index contributed by atoms with van der Waals surface area (Å²) in [5.74, 6) is -2.85. The molecule has 0 aliphatic carbocycles. The number of alkyl halides is 3. The number of benzene rings is 2. The Bertz CT molecular complexity index is 1090. The van der Waals surface area contributed by atoms with E-state index in [2.05, 4.69) is 15.9 Å². The van der Waals surface area contributed by atoms with E-state index in [0.29, 0.717) is 0 Å². The van der Waals surface area contributed by atoms with E-state index in [1.807, 2.05) is 0 Å².